The largest absolute Gasteiger partial charge is 0.379 e. The average Bonchev–Trinajstić information content (AvgIpc) is 2.84. The second-order valence-electron chi connectivity index (χ2n) is 3.85. The fourth-order valence-corrected chi connectivity index (χ4v) is 2.50. The summed E-state index contributed by atoms with van der Waals surface area (Å²) in [6.07, 6.45) is 1.42. The number of carbonyl (C=O) groups is 1. The van der Waals surface area contributed by atoms with E-state index in [2.05, 4.69) is 6.07 Å². The Hall–Kier alpha value is -0.710. The number of thiophene rings is 1. The molecule has 2 atom stereocenters. The van der Waals surface area contributed by atoms with Crippen LogP contribution >= 0.6 is 11.3 Å². The molecule has 2 heterocycles. The number of hydrogen-bond acceptors (Lipinski definition) is 4. The molecule has 0 aliphatic carbocycles. The summed E-state index contributed by atoms with van der Waals surface area (Å²) >= 11 is 1.69. The maximum absolute atomic E-state index is 11.8. The van der Waals surface area contributed by atoms with Crippen LogP contribution in [0.3, 0.4) is 0 Å². The van der Waals surface area contributed by atoms with Crippen LogP contribution in [0.15, 0.2) is 17.5 Å². The monoisotopic (exact) mass is 225 g/mol. The van der Waals surface area contributed by atoms with Gasteiger partial charge in [-0.25, -0.2) is 0 Å². The van der Waals surface area contributed by atoms with E-state index in [-0.39, 0.29) is 17.7 Å². The van der Waals surface area contributed by atoms with Gasteiger partial charge < -0.3 is 10.5 Å². The molecule has 1 aliphatic rings. The number of carbonyl (C=O) groups excluding carboxylic acids is 1. The Kier molecular flexibility index (Phi) is 3.51. The van der Waals surface area contributed by atoms with E-state index in [9.17, 15) is 4.79 Å². The molecule has 3 nitrogen and oxygen atoms in total. The van der Waals surface area contributed by atoms with Crippen LogP contribution in [0.5, 0.6) is 0 Å². The van der Waals surface area contributed by atoms with Crippen molar-refractivity contribution >= 4 is 17.1 Å². The van der Waals surface area contributed by atoms with Crippen molar-refractivity contribution in [1.82, 2.24) is 0 Å². The number of Topliss-reactive ketones (excluding diaryl/α,β-unsaturated/α-hetero) is 1. The molecular weight excluding hydrogens is 210 g/mol. The highest BCUT2D eigenvalue weighted by Gasteiger charge is 2.30. The van der Waals surface area contributed by atoms with Gasteiger partial charge in [0.1, 0.15) is 5.78 Å². The van der Waals surface area contributed by atoms with Gasteiger partial charge in [-0.05, 0) is 17.9 Å². The summed E-state index contributed by atoms with van der Waals surface area (Å²) in [5, 5.41) is 2.03. The molecule has 1 aliphatic heterocycles. The summed E-state index contributed by atoms with van der Waals surface area (Å²) in [4.78, 5) is 13.1. The predicted octanol–water partition coefficient (Wildman–Crippen LogP) is 1.22. The number of ketones is 1. The van der Waals surface area contributed by atoms with Crippen LogP contribution in [-0.4, -0.2) is 25.0 Å². The maximum atomic E-state index is 11.8. The van der Waals surface area contributed by atoms with E-state index < -0.39 is 0 Å². The van der Waals surface area contributed by atoms with E-state index in [4.69, 9.17) is 10.5 Å². The van der Waals surface area contributed by atoms with Gasteiger partial charge >= 0.3 is 0 Å². The third-order valence-electron chi connectivity index (χ3n) is 2.74. The van der Waals surface area contributed by atoms with Crippen LogP contribution in [-0.2, 0) is 16.0 Å². The fraction of sp³-hybridized carbons (Fsp3) is 0.545. The molecule has 4 heteroatoms. The van der Waals surface area contributed by atoms with Crippen LogP contribution in [0, 0.1) is 5.92 Å². The molecule has 0 radical (unpaired) electrons. The molecule has 2 rings (SSSR count). The minimum absolute atomic E-state index is 0.0787. The molecule has 0 amide bonds. The van der Waals surface area contributed by atoms with E-state index in [1.807, 2.05) is 11.4 Å². The molecule has 1 aromatic rings. The molecule has 15 heavy (non-hydrogen) atoms. The molecule has 0 spiro atoms. The first kappa shape index (κ1) is 10.8. The lowest BCUT2D eigenvalue weighted by molar-refractivity contribution is -0.123. The normalized spacial score (nSPS) is 25.7. The quantitative estimate of drug-likeness (QED) is 0.838. The average molecular weight is 225 g/mol. The zero-order valence-electron chi connectivity index (χ0n) is 8.52. The smallest absolute Gasteiger partial charge is 0.140 e. The molecule has 1 fully saturated rings. The van der Waals surface area contributed by atoms with E-state index in [0.29, 0.717) is 19.6 Å². The molecular formula is C11H15NO2S. The van der Waals surface area contributed by atoms with Crippen molar-refractivity contribution in [2.75, 3.05) is 13.2 Å². The first-order chi connectivity index (χ1) is 7.27. The second kappa shape index (κ2) is 4.88. The van der Waals surface area contributed by atoms with E-state index >= 15 is 0 Å². The number of aryl methyl sites for hydroxylation is 1. The van der Waals surface area contributed by atoms with Gasteiger partial charge in [-0.1, -0.05) is 6.07 Å². The first-order valence-electron chi connectivity index (χ1n) is 5.16. The lowest BCUT2D eigenvalue weighted by Crippen LogP contribution is -2.34. The van der Waals surface area contributed by atoms with Crippen LogP contribution in [0.4, 0.5) is 0 Å². The van der Waals surface area contributed by atoms with Gasteiger partial charge in [-0.15, -0.1) is 11.3 Å². The standard InChI is InChI=1S/C11H15NO2S/c12-10-7-14-6-9(10)11(13)4-3-8-2-1-5-15-8/h1-2,5,9-10H,3-4,6-7,12H2. The highest BCUT2D eigenvalue weighted by atomic mass is 32.1. The topological polar surface area (TPSA) is 52.3 Å². The van der Waals surface area contributed by atoms with Crippen molar-refractivity contribution in [1.29, 1.82) is 0 Å². The summed E-state index contributed by atoms with van der Waals surface area (Å²) in [5.74, 6) is 0.165. The molecule has 2 N–H and O–H groups in total. The Morgan fingerprint density at radius 2 is 2.47 bits per heavy atom. The molecule has 2 unspecified atom stereocenters. The highest BCUT2D eigenvalue weighted by molar-refractivity contribution is 7.09. The summed E-state index contributed by atoms with van der Waals surface area (Å²) in [5.41, 5.74) is 5.79. The summed E-state index contributed by atoms with van der Waals surface area (Å²) in [6, 6.07) is 3.97. The van der Waals surface area contributed by atoms with Crippen LogP contribution in [0.1, 0.15) is 11.3 Å². The van der Waals surface area contributed by atoms with Crippen LogP contribution in [0.25, 0.3) is 0 Å². The minimum Gasteiger partial charge on any atom is -0.379 e. The second-order valence-corrected chi connectivity index (χ2v) is 4.89. The third-order valence-corrected chi connectivity index (χ3v) is 3.67. The van der Waals surface area contributed by atoms with Gasteiger partial charge in [0.05, 0.1) is 19.1 Å². The maximum Gasteiger partial charge on any atom is 0.140 e. The number of rotatable bonds is 4. The fourth-order valence-electron chi connectivity index (χ4n) is 1.79. The molecule has 82 valence electrons. The van der Waals surface area contributed by atoms with E-state index in [1.54, 1.807) is 11.3 Å². The first-order valence-corrected chi connectivity index (χ1v) is 6.04. The molecule has 0 bridgehead atoms. The van der Waals surface area contributed by atoms with Crippen molar-refractivity contribution in [3.63, 3.8) is 0 Å². The van der Waals surface area contributed by atoms with Crippen molar-refractivity contribution in [2.24, 2.45) is 11.7 Å². The van der Waals surface area contributed by atoms with Gasteiger partial charge in [0.15, 0.2) is 0 Å². The Morgan fingerprint density at radius 1 is 1.60 bits per heavy atom. The SMILES string of the molecule is NC1COCC1C(=O)CCc1cccs1. The molecule has 0 saturated carbocycles. The van der Waals surface area contributed by atoms with E-state index in [0.717, 1.165) is 6.42 Å². The Bertz CT molecular complexity index is 323. The molecule has 1 aromatic heterocycles. The van der Waals surface area contributed by atoms with Crippen molar-refractivity contribution in [3.05, 3.63) is 22.4 Å². The summed E-state index contributed by atoms with van der Waals surface area (Å²) in [6.45, 7) is 1.03. The van der Waals surface area contributed by atoms with Gasteiger partial charge in [0, 0.05) is 17.3 Å². The Balaban J connectivity index is 1.82. The van der Waals surface area contributed by atoms with Crippen LogP contribution in [0.2, 0.25) is 0 Å². The minimum atomic E-state index is -0.0964. The summed E-state index contributed by atoms with van der Waals surface area (Å²) < 4.78 is 5.18. The third kappa shape index (κ3) is 2.65. The zero-order chi connectivity index (χ0) is 10.7. The number of nitrogens with two attached hydrogens (primary N) is 1. The van der Waals surface area contributed by atoms with Crippen molar-refractivity contribution in [3.8, 4) is 0 Å². The van der Waals surface area contributed by atoms with Crippen molar-refractivity contribution in [2.45, 2.75) is 18.9 Å². The Morgan fingerprint density at radius 3 is 3.07 bits per heavy atom. The van der Waals surface area contributed by atoms with Gasteiger partial charge in [-0.2, -0.15) is 0 Å². The van der Waals surface area contributed by atoms with E-state index in [1.165, 1.54) is 4.88 Å². The zero-order valence-corrected chi connectivity index (χ0v) is 9.33. The Labute approximate surface area is 93.2 Å². The number of ether oxygens (including phenoxy) is 1. The van der Waals surface area contributed by atoms with Gasteiger partial charge in [0.2, 0.25) is 0 Å². The predicted molar refractivity (Wildman–Crippen MR) is 59.9 cm³/mol. The lowest BCUT2D eigenvalue weighted by atomic mass is 9.96. The van der Waals surface area contributed by atoms with Crippen LogP contribution < -0.4 is 5.73 Å². The molecule has 1 saturated heterocycles. The van der Waals surface area contributed by atoms with Crippen molar-refractivity contribution < 1.29 is 9.53 Å². The highest BCUT2D eigenvalue weighted by Crippen LogP contribution is 2.17. The molecule has 0 aromatic carbocycles. The summed E-state index contributed by atoms with van der Waals surface area (Å²) in [7, 11) is 0. The number of hydrogen-bond donors (Lipinski definition) is 1. The van der Waals surface area contributed by atoms with Gasteiger partial charge in [-0.3, -0.25) is 4.79 Å². The lowest BCUT2D eigenvalue weighted by Gasteiger charge is -2.10. The van der Waals surface area contributed by atoms with Gasteiger partial charge in [0.25, 0.3) is 0 Å².